The Labute approximate surface area is 166 Å². The SMILES string of the molecule is O=C(CCc1ccccc1)Nc1ccc(N2CCCC2)c(C(=O)NC2CC2)c1. The van der Waals surface area contributed by atoms with Crippen LogP contribution in [-0.4, -0.2) is 30.9 Å². The molecule has 1 heterocycles. The predicted octanol–water partition coefficient (Wildman–Crippen LogP) is 3.75. The molecule has 2 aliphatic rings. The van der Waals surface area contributed by atoms with Crippen LogP contribution in [0.15, 0.2) is 48.5 Å². The number of benzene rings is 2. The zero-order valence-electron chi connectivity index (χ0n) is 16.1. The van der Waals surface area contributed by atoms with E-state index in [1.54, 1.807) is 0 Å². The van der Waals surface area contributed by atoms with E-state index in [2.05, 4.69) is 15.5 Å². The van der Waals surface area contributed by atoms with Crippen molar-refractivity contribution in [2.24, 2.45) is 0 Å². The molecule has 1 aliphatic heterocycles. The lowest BCUT2D eigenvalue weighted by molar-refractivity contribution is -0.116. The van der Waals surface area contributed by atoms with Crippen LogP contribution in [0.2, 0.25) is 0 Å². The Balaban J connectivity index is 1.45. The van der Waals surface area contributed by atoms with Gasteiger partial charge in [-0.2, -0.15) is 0 Å². The van der Waals surface area contributed by atoms with Crippen molar-refractivity contribution in [3.63, 3.8) is 0 Å². The third-order valence-electron chi connectivity index (χ3n) is 5.37. The van der Waals surface area contributed by atoms with Crippen molar-refractivity contribution in [3.05, 3.63) is 59.7 Å². The molecule has 0 atom stereocenters. The average molecular weight is 377 g/mol. The topological polar surface area (TPSA) is 61.4 Å². The van der Waals surface area contributed by atoms with Gasteiger partial charge in [-0.1, -0.05) is 30.3 Å². The van der Waals surface area contributed by atoms with Crippen LogP contribution in [0.3, 0.4) is 0 Å². The highest BCUT2D eigenvalue weighted by atomic mass is 16.2. The molecule has 0 spiro atoms. The normalized spacial score (nSPS) is 16.1. The van der Waals surface area contributed by atoms with Crippen LogP contribution in [0.5, 0.6) is 0 Å². The average Bonchev–Trinajstić information content (AvgIpc) is 3.36. The monoisotopic (exact) mass is 377 g/mol. The summed E-state index contributed by atoms with van der Waals surface area (Å²) < 4.78 is 0. The fourth-order valence-corrected chi connectivity index (χ4v) is 3.65. The summed E-state index contributed by atoms with van der Waals surface area (Å²) in [5.74, 6) is -0.0730. The van der Waals surface area contributed by atoms with E-state index in [0.29, 0.717) is 30.1 Å². The third kappa shape index (κ3) is 4.71. The van der Waals surface area contributed by atoms with Crippen molar-refractivity contribution in [3.8, 4) is 0 Å². The fourth-order valence-electron chi connectivity index (χ4n) is 3.65. The minimum Gasteiger partial charge on any atom is -0.371 e. The molecule has 2 amide bonds. The summed E-state index contributed by atoms with van der Waals surface area (Å²) in [6.45, 7) is 1.96. The standard InChI is InChI=1S/C23H27N3O2/c27-22(13-8-17-6-2-1-3-7-17)24-19-11-12-21(26-14-4-5-15-26)20(16-19)23(28)25-18-9-10-18/h1-3,6-7,11-12,16,18H,4-5,8-10,13-15H2,(H,24,27)(H,25,28). The Kier molecular flexibility index (Phi) is 5.60. The van der Waals surface area contributed by atoms with Crippen LogP contribution < -0.4 is 15.5 Å². The smallest absolute Gasteiger partial charge is 0.253 e. The van der Waals surface area contributed by atoms with Crippen LogP contribution in [0.25, 0.3) is 0 Å². The number of carbonyl (C=O) groups excluding carboxylic acids is 2. The molecule has 4 rings (SSSR count). The van der Waals surface area contributed by atoms with Crippen molar-refractivity contribution in [2.75, 3.05) is 23.3 Å². The lowest BCUT2D eigenvalue weighted by atomic mass is 10.1. The number of rotatable bonds is 7. The first-order valence-corrected chi connectivity index (χ1v) is 10.2. The number of anilines is 2. The molecule has 2 N–H and O–H groups in total. The third-order valence-corrected chi connectivity index (χ3v) is 5.37. The van der Waals surface area contributed by atoms with E-state index in [9.17, 15) is 9.59 Å². The van der Waals surface area contributed by atoms with Crippen molar-refractivity contribution >= 4 is 23.2 Å². The highest BCUT2D eigenvalue weighted by Gasteiger charge is 2.26. The van der Waals surface area contributed by atoms with Crippen molar-refractivity contribution < 1.29 is 9.59 Å². The van der Waals surface area contributed by atoms with Gasteiger partial charge in [-0.25, -0.2) is 0 Å². The molecule has 2 aromatic carbocycles. The van der Waals surface area contributed by atoms with Crippen molar-refractivity contribution in [2.45, 2.75) is 44.6 Å². The molecule has 146 valence electrons. The minimum atomic E-state index is -0.0372. The van der Waals surface area contributed by atoms with Gasteiger partial charge < -0.3 is 15.5 Å². The Morgan fingerprint density at radius 2 is 1.75 bits per heavy atom. The maximum absolute atomic E-state index is 12.8. The first kappa shape index (κ1) is 18.5. The first-order chi connectivity index (χ1) is 13.7. The van der Waals surface area contributed by atoms with Crippen LogP contribution in [0.1, 0.15) is 48.0 Å². The first-order valence-electron chi connectivity index (χ1n) is 10.2. The molecule has 2 fully saturated rings. The van der Waals surface area contributed by atoms with Gasteiger partial charge in [0.1, 0.15) is 0 Å². The largest absolute Gasteiger partial charge is 0.371 e. The lowest BCUT2D eigenvalue weighted by Gasteiger charge is -2.22. The molecule has 28 heavy (non-hydrogen) atoms. The Morgan fingerprint density at radius 1 is 1.00 bits per heavy atom. The molecule has 5 nitrogen and oxygen atoms in total. The van der Waals surface area contributed by atoms with Gasteiger partial charge in [-0.15, -0.1) is 0 Å². The Morgan fingerprint density at radius 3 is 2.46 bits per heavy atom. The molecule has 0 aromatic heterocycles. The zero-order chi connectivity index (χ0) is 19.3. The van der Waals surface area contributed by atoms with Gasteiger partial charge in [0.05, 0.1) is 5.56 Å². The number of carbonyl (C=O) groups is 2. The summed E-state index contributed by atoms with van der Waals surface area (Å²) in [7, 11) is 0. The lowest BCUT2D eigenvalue weighted by Crippen LogP contribution is -2.29. The van der Waals surface area contributed by atoms with Gasteiger partial charge in [0, 0.05) is 36.9 Å². The highest BCUT2D eigenvalue weighted by Crippen LogP contribution is 2.29. The molecule has 2 aromatic rings. The summed E-state index contributed by atoms with van der Waals surface area (Å²) in [5, 5.41) is 6.04. The highest BCUT2D eigenvalue weighted by molar-refractivity contribution is 6.02. The van der Waals surface area contributed by atoms with Gasteiger partial charge in [0.25, 0.3) is 5.91 Å². The van der Waals surface area contributed by atoms with Crippen LogP contribution in [0, 0.1) is 0 Å². The van der Waals surface area contributed by atoms with E-state index in [1.165, 1.54) is 0 Å². The number of hydrogen-bond donors (Lipinski definition) is 2. The Bertz CT molecular complexity index is 840. The van der Waals surface area contributed by atoms with Crippen LogP contribution in [0.4, 0.5) is 11.4 Å². The maximum Gasteiger partial charge on any atom is 0.253 e. The van der Waals surface area contributed by atoms with E-state index < -0.39 is 0 Å². The molecule has 1 saturated heterocycles. The molecule has 1 saturated carbocycles. The second-order valence-electron chi connectivity index (χ2n) is 7.71. The summed E-state index contributed by atoms with van der Waals surface area (Å²) in [6.07, 6.45) is 5.54. The van der Waals surface area contributed by atoms with E-state index in [1.807, 2.05) is 48.5 Å². The van der Waals surface area contributed by atoms with Gasteiger partial charge in [-0.05, 0) is 55.9 Å². The molecule has 0 radical (unpaired) electrons. The van der Waals surface area contributed by atoms with Gasteiger partial charge in [-0.3, -0.25) is 9.59 Å². The number of aryl methyl sites for hydroxylation is 1. The summed E-state index contributed by atoms with van der Waals surface area (Å²) >= 11 is 0. The number of hydrogen-bond acceptors (Lipinski definition) is 3. The van der Waals surface area contributed by atoms with Crippen LogP contribution in [-0.2, 0) is 11.2 Å². The molecule has 5 heteroatoms. The molecular weight excluding hydrogens is 350 g/mol. The second kappa shape index (κ2) is 8.46. The number of nitrogens with zero attached hydrogens (tertiary/aromatic N) is 1. The molecule has 1 aliphatic carbocycles. The summed E-state index contributed by atoms with van der Waals surface area (Å²) in [6, 6.07) is 16.0. The van der Waals surface area contributed by atoms with E-state index >= 15 is 0 Å². The Hall–Kier alpha value is -2.82. The number of amides is 2. The quantitative estimate of drug-likeness (QED) is 0.772. The van der Waals surface area contributed by atoms with Crippen molar-refractivity contribution in [1.29, 1.82) is 0 Å². The fraction of sp³-hybridized carbons (Fsp3) is 0.391. The van der Waals surface area contributed by atoms with Gasteiger partial charge >= 0.3 is 0 Å². The van der Waals surface area contributed by atoms with E-state index in [4.69, 9.17) is 0 Å². The van der Waals surface area contributed by atoms with E-state index in [-0.39, 0.29) is 11.8 Å². The summed E-state index contributed by atoms with van der Waals surface area (Å²) in [4.78, 5) is 27.4. The molecular formula is C23H27N3O2. The maximum atomic E-state index is 12.8. The minimum absolute atomic E-state index is 0.0358. The molecule has 0 unspecified atom stereocenters. The zero-order valence-corrected chi connectivity index (χ0v) is 16.1. The van der Waals surface area contributed by atoms with Crippen molar-refractivity contribution in [1.82, 2.24) is 5.32 Å². The van der Waals surface area contributed by atoms with Crippen LogP contribution >= 0.6 is 0 Å². The molecule has 0 bridgehead atoms. The second-order valence-corrected chi connectivity index (χ2v) is 7.71. The summed E-state index contributed by atoms with van der Waals surface area (Å²) in [5.41, 5.74) is 3.46. The predicted molar refractivity (Wildman–Crippen MR) is 112 cm³/mol. The van der Waals surface area contributed by atoms with Gasteiger partial charge in [0.15, 0.2) is 0 Å². The van der Waals surface area contributed by atoms with E-state index in [0.717, 1.165) is 50.0 Å². The van der Waals surface area contributed by atoms with Gasteiger partial charge in [0.2, 0.25) is 5.91 Å². The number of nitrogens with one attached hydrogen (secondary N) is 2.